The average molecular weight is 280 g/mol. The summed E-state index contributed by atoms with van der Waals surface area (Å²) in [5.74, 6) is -1.40. The van der Waals surface area contributed by atoms with E-state index in [0.29, 0.717) is 5.39 Å². The topological polar surface area (TPSA) is 117 Å². The molecular weight excluding hydrogens is 275 g/mol. The van der Waals surface area contributed by atoms with E-state index < -0.39 is 27.5 Å². The molecule has 7 nitrogen and oxygen atoms in total. The zero-order valence-corrected chi connectivity index (χ0v) is 11.9. The minimum absolute atomic E-state index is 0. The van der Waals surface area contributed by atoms with E-state index in [1.807, 2.05) is 0 Å². The third kappa shape index (κ3) is 3.47. The summed E-state index contributed by atoms with van der Waals surface area (Å²) in [5.41, 5.74) is -0.676. The van der Waals surface area contributed by atoms with E-state index in [0.717, 1.165) is 18.2 Å². The van der Waals surface area contributed by atoms with Crippen molar-refractivity contribution >= 4 is 21.4 Å². The molecule has 1 aromatic carbocycles. The van der Waals surface area contributed by atoms with Crippen molar-refractivity contribution < 1.29 is 56.2 Å². The fraction of sp³-hybridized carbons (Fsp3) is 0. The SMILES string of the molecule is O=c1ccc2cc([O-])c(OS(=O)(=O)O)cc2o1.[Na+]. The maximum atomic E-state index is 11.4. The Morgan fingerprint density at radius 3 is 2.56 bits per heavy atom. The fourth-order valence-electron chi connectivity index (χ4n) is 1.25. The first-order chi connectivity index (χ1) is 7.85. The van der Waals surface area contributed by atoms with Gasteiger partial charge >= 0.3 is 45.6 Å². The van der Waals surface area contributed by atoms with Crippen LogP contribution < -0.4 is 44.5 Å². The van der Waals surface area contributed by atoms with E-state index in [4.69, 9.17) is 8.97 Å². The first kappa shape index (κ1) is 15.0. The Morgan fingerprint density at radius 1 is 1.28 bits per heavy atom. The van der Waals surface area contributed by atoms with Crippen molar-refractivity contribution in [3.05, 3.63) is 34.7 Å². The molecule has 0 radical (unpaired) electrons. The van der Waals surface area contributed by atoms with Gasteiger partial charge in [0.05, 0.1) is 0 Å². The minimum atomic E-state index is -4.80. The van der Waals surface area contributed by atoms with Gasteiger partial charge in [-0.25, -0.2) is 4.79 Å². The van der Waals surface area contributed by atoms with Crippen molar-refractivity contribution in [2.75, 3.05) is 0 Å². The van der Waals surface area contributed by atoms with E-state index in [-0.39, 0.29) is 35.1 Å². The summed E-state index contributed by atoms with van der Waals surface area (Å²) in [6, 6.07) is 4.41. The Hall–Kier alpha value is -1.06. The maximum absolute atomic E-state index is 11.4. The van der Waals surface area contributed by atoms with Crippen molar-refractivity contribution in [2.24, 2.45) is 0 Å². The first-order valence-electron chi connectivity index (χ1n) is 4.27. The smallest absolute Gasteiger partial charge is 0.870 e. The van der Waals surface area contributed by atoms with Crippen LogP contribution in [-0.2, 0) is 10.4 Å². The molecule has 1 heterocycles. The zero-order valence-electron chi connectivity index (χ0n) is 9.11. The molecule has 0 amide bonds. The van der Waals surface area contributed by atoms with E-state index in [1.54, 1.807) is 0 Å². The van der Waals surface area contributed by atoms with Crippen molar-refractivity contribution in [3.8, 4) is 11.5 Å². The van der Waals surface area contributed by atoms with Crippen LogP contribution in [0.4, 0.5) is 0 Å². The van der Waals surface area contributed by atoms with Crippen molar-refractivity contribution in [1.29, 1.82) is 0 Å². The third-order valence-corrected chi connectivity index (χ3v) is 2.27. The van der Waals surface area contributed by atoms with E-state index >= 15 is 0 Å². The van der Waals surface area contributed by atoms with Crippen LogP contribution in [-0.4, -0.2) is 13.0 Å². The normalized spacial score (nSPS) is 10.9. The van der Waals surface area contributed by atoms with Crippen LogP contribution in [0.2, 0.25) is 0 Å². The van der Waals surface area contributed by atoms with Gasteiger partial charge in [-0.2, -0.15) is 8.42 Å². The molecule has 0 fully saturated rings. The summed E-state index contributed by atoms with van der Waals surface area (Å²) < 4.78 is 38.1. The zero-order chi connectivity index (χ0) is 12.6. The molecule has 2 rings (SSSR count). The number of rotatable bonds is 2. The molecule has 0 aliphatic carbocycles. The summed E-state index contributed by atoms with van der Waals surface area (Å²) in [5, 5.41) is 11.7. The molecule has 9 heteroatoms. The second-order valence-electron chi connectivity index (χ2n) is 3.10. The van der Waals surface area contributed by atoms with Crippen LogP contribution in [0.3, 0.4) is 0 Å². The molecule has 18 heavy (non-hydrogen) atoms. The molecule has 0 aliphatic rings. The minimum Gasteiger partial charge on any atom is -0.870 e. The molecule has 0 saturated carbocycles. The molecule has 0 saturated heterocycles. The van der Waals surface area contributed by atoms with Gasteiger partial charge in [-0.15, -0.1) is 0 Å². The van der Waals surface area contributed by atoms with Crippen molar-refractivity contribution in [3.63, 3.8) is 0 Å². The number of hydrogen-bond donors (Lipinski definition) is 1. The summed E-state index contributed by atoms with van der Waals surface area (Å²) in [7, 11) is -4.80. The van der Waals surface area contributed by atoms with Gasteiger partial charge in [0.1, 0.15) is 11.3 Å². The predicted octanol–water partition coefficient (Wildman–Crippen LogP) is -2.95. The third-order valence-electron chi connectivity index (χ3n) is 1.88. The van der Waals surface area contributed by atoms with Gasteiger partial charge in [0.25, 0.3) is 0 Å². The molecule has 0 bridgehead atoms. The van der Waals surface area contributed by atoms with Gasteiger partial charge in [-0.3, -0.25) is 4.55 Å². The number of benzene rings is 1. The van der Waals surface area contributed by atoms with Crippen molar-refractivity contribution in [2.45, 2.75) is 0 Å². The summed E-state index contributed by atoms with van der Waals surface area (Å²) in [4.78, 5) is 10.9. The molecule has 2 aromatic rings. The second kappa shape index (κ2) is 5.29. The first-order valence-corrected chi connectivity index (χ1v) is 5.63. The molecule has 90 valence electrons. The Kier molecular flexibility index (Phi) is 4.41. The van der Waals surface area contributed by atoms with E-state index in [9.17, 15) is 18.3 Å². The Balaban J connectivity index is 0.00000162. The fourth-order valence-corrected chi connectivity index (χ4v) is 1.61. The molecule has 0 aliphatic heterocycles. The van der Waals surface area contributed by atoms with Gasteiger partial charge in [-0.1, -0.05) is 11.8 Å². The monoisotopic (exact) mass is 280 g/mol. The number of fused-ring (bicyclic) bond motifs is 1. The van der Waals surface area contributed by atoms with Crippen LogP contribution in [0.5, 0.6) is 11.5 Å². The largest absolute Gasteiger partial charge is 1.00 e. The summed E-state index contributed by atoms with van der Waals surface area (Å²) in [6.07, 6.45) is 0. The Morgan fingerprint density at radius 2 is 1.94 bits per heavy atom. The van der Waals surface area contributed by atoms with Gasteiger partial charge in [-0.05, 0) is 6.07 Å². The van der Waals surface area contributed by atoms with Gasteiger partial charge in [0.2, 0.25) is 0 Å². The molecule has 1 N–H and O–H groups in total. The maximum Gasteiger partial charge on any atom is 1.00 e. The summed E-state index contributed by atoms with van der Waals surface area (Å²) in [6.45, 7) is 0. The number of hydrogen-bond acceptors (Lipinski definition) is 6. The average Bonchev–Trinajstić information content (AvgIpc) is 2.17. The van der Waals surface area contributed by atoms with E-state index in [1.165, 1.54) is 6.07 Å². The second-order valence-corrected chi connectivity index (χ2v) is 4.12. The van der Waals surface area contributed by atoms with Gasteiger partial charge in [0, 0.05) is 17.5 Å². The van der Waals surface area contributed by atoms with Crippen LogP contribution >= 0.6 is 0 Å². The van der Waals surface area contributed by atoms with Crippen LogP contribution in [0.25, 0.3) is 11.0 Å². The molecule has 1 aromatic heterocycles. The molecule has 0 unspecified atom stereocenters. The standard InChI is InChI=1S/C9H6O7S.Na/c10-6-3-5-1-2-9(11)15-7(5)4-8(6)16-17(12,13)14;/h1-4,10H,(H,12,13,14);/q;+1/p-1. The van der Waals surface area contributed by atoms with Gasteiger partial charge in [0.15, 0.2) is 0 Å². The molecule has 0 atom stereocenters. The van der Waals surface area contributed by atoms with Crippen molar-refractivity contribution in [1.82, 2.24) is 0 Å². The Labute approximate surface area is 123 Å². The quantitative estimate of drug-likeness (QED) is 0.355. The van der Waals surface area contributed by atoms with Crippen LogP contribution in [0, 0.1) is 0 Å². The molecule has 0 spiro atoms. The molecular formula is C9H5NaO7S. The predicted molar refractivity (Wildman–Crippen MR) is 54.1 cm³/mol. The van der Waals surface area contributed by atoms with Gasteiger partial charge < -0.3 is 13.7 Å². The van der Waals surface area contributed by atoms with E-state index in [2.05, 4.69) is 4.18 Å². The Bertz CT molecular complexity index is 734. The summed E-state index contributed by atoms with van der Waals surface area (Å²) >= 11 is 0. The van der Waals surface area contributed by atoms with Crippen LogP contribution in [0.1, 0.15) is 0 Å². The van der Waals surface area contributed by atoms with Crippen LogP contribution in [0.15, 0.2) is 33.5 Å².